The lowest BCUT2D eigenvalue weighted by Gasteiger charge is -2.11. The molecule has 0 spiro atoms. The summed E-state index contributed by atoms with van der Waals surface area (Å²) in [7, 11) is -3.03. The van der Waals surface area contributed by atoms with E-state index < -0.39 is 28.0 Å². The molecule has 1 fully saturated rings. The van der Waals surface area contributed by atoms with Gasteiger partial charge in [0.25, 0.3) is 0 Å². The highest BCUT2D eigenvalue weighted by Gasteiger charge is 2.31. The molecule has 0 aliphatic carbocycles. The van der Waals surface area contributed by atoms with E-state index in [4.69, 9.17) is 9.84 Å². The number of hydrogen-bond acceptors (Lipinski definition) is 5. The van der Waals surface area contributed by atoms with Crippen LogP contribution in [0, 0.1) is 0 Å². The smallest absolute Gasteiger partial charge is 0.334 e. The van der Waals surface area contributed by atoms with Gasteiger partial charge in [-0.1, -0.05) is 0 Å². The van der Waals surface area contributed by atoms with Gasteiger partial charge in [-0.25, -0.2) is 13.2 Å². The molecule has 2 atom stereocenters. The summed E-state index contributed by atoms with van der Waals surface area (Å²) >= 11 is 0. The van der Waals surface area contributed by atoms with Crippen molar-refractivity contribution in [2.24, 2.45) is 0 Å². The van der Waals surface area contributed by atoms with Crippen LogP contribution in [0.3, 0.4) is 0 Å². The maximum atomic E-state index is 10.9. The number of aliphatic hydroxyl groups excluding tert-OH is 1. The third-order valence-electron chi connectivity index (χ3n) is 1.81. The van der Waals surface area contributed by atoms with Gasteiger partial charge < -0.3 is 9.84 Å². The van der Waals surface area contributed by atoms with E-state index in [-0.39, 0.29) is 11.5 Å². The highest BCUT2D eigenvalue weighted by atomic mass is 32.2. The molecule has 1 heterocycles. The van der Waals surface area contributed by atoms with E-state index in [2.05, 4.69) is 0 Å². The average molecular weight is 208 g/mol. The van der Waals surface area contributed by atoms with E-state index in [1.165, 1.54) is 6.92 Å². The average Bonchev–Trinajstić information content (AvgIpc) is 2.30. The van der Waals surface area contributed by atoms with Crippen molar-refractivity contribution in [1.82, 2.24) is 0 Å². The number of rotatable bonds is 2. The molecule has 1 aliphatic rings. The molecule has 1 saturated heterocycles. The zero-order valence-electron chi connectivity index (χ0n) is 7.26. The maximum Gasteiger partial charge on any atom is 0.334 e. The summed E-state index contributed by atoms with van der Waals surface area (Å²) in [6.45, 7) is 1.28. The lowest BCUT2D eigenvalue weighted by atomic mass is 10.3. The standard InChI is InChI=1S/C7H12O5S/c1-5(8)7(9)12-6-2-3-13(10,11)4-6/h5-6,8H,2-4H2,1H3/t5-,6?/m0/s1. The van der Waals surface area contributed by atoms with Gasteiger partial charge in [-0.05, 0) is 13.3 Å². The first-order chi connectivity index (χ1) is 5.91. The minimum absolute atomic E-state index is 0.0603. The number of ether oxygens (including phenoxy) is 1. The zero-order valence-corrected chi connectivity index (χ0v) is 8.08. The van der Waals surface area contributed by atoms with Crippen LogP contribution in [0.1, 0.15) is 13.3 Å². The summed E-state index contributed by atoms with van der Waals surface area (Å²) in [5.74, 6) is -0.821. The third kappa shape index (κ3) is 2.96. The summed E-state index contributed by atoms with van der Waals surface area (Å²) in [5, 5.41) is 8.79. The van der Waals surface area contributed by atoms with Crippen molar-refractivity contribution in [1.29, 1.82) is 0 Å². The molecule has 1 aliphatic heterocycles. The van der Waals surface area contributed by atoms with Crippen LogP contribution in [-0.2, 0) is 19.4 Å². The Hall–Kier alpha value is -0.620. The van der Waals surface area contributed by atoms with Gasteiger partial charge in [0.05, 0.1) is 11.5 Å². The molecule has 0 aromatic carbocycles. The van der Waals surface area contributed by atoms with Crippen LogP contribution >= 0.6 is 0 Å². The molecule has 76 valence electrons. The van der Waals surface area contributed by atoms with Gasteiger partial charge in [-0.2, -0.15) is 0 Å². The number of aliphatic hydroxyl groups is 1. The van der Waals surface area contributed by atoms with Gasteiger partial charge >= 0.3 is 5.97 Å². The van der Waals surface area contributed by atoms with Gasteiger partial charge in [0.15, 0.2) is 9.84 Å². The van der Waals surface area contributed by atoms with Crippen molar-refractivity contribution in [2.45, 2.75) is 25.6 Å². The molecule has 1 N–H and O–H groups in total. The summed E-state index contributed by atoms with van der Waals surface area (Å²) in [4.78, 5) is 10.8. The molecule has 0 saturated carbocycles. The van der Waals surface area contributed by atoms with Crippen LogP contribution in [-0.4, -0.2) is 43.2 Å². The number of sulfone groups is 1. The van der Waals surface area contributed by atoms with Crippen LogP contribution in [0.2, 0.25) is 0 Å². The molecule has 5 nitrogen and oxygen atoms in total. The van der Waals surface area contributed by atoms with Gasteiger partial charge in [-0.15, -0.1) is 0 Å². The quantitative estimate of drug-likeness (QED) is 0.595. The Labute approximate surface area is 76.6 Å². The van der Waals surface area contributed by atoms with Crippen LogP contribution in [0.25, 0.3) is 0 Å². The van der Waals surface area contributed by atoms with Crippen LogP contribution in [0.4, 0.5) is 0 Å². The Balaban J connectivity index is 2.46. The number of carbonyl (C=O) groups excluding carboxylic acids is 1. The summed E-state index contributed by atoms with van der Waals surface area (Å²) in [6, 6.07) is 0. The van der Waals surface area contributed by atoms with E-state index >= 15 is 0 Å². The first-order valence-corrected chi connectivity index (χ1v) is 5.82. The van der Waals surface area contributed by atoms with Gasteiger partial charge in [0.1, 0.15) is 12.2 Å². The van der Waals surface area contributed by atoms with Crippen LogP contribution in [0.15, 0.2) is 0 Å². The first-order valence-electron chi connectivity index (χ1n) is 4.00. The summed E-state index contributed by atoms with van der Waals surface area (Å²) < 4.78 is 26.6. The number of esters is 1. The Morgan fingerprint density at radius 3 is 2.62 bits per heavy atom. The molecule has 0 bridgehead atoms. The lowest BCUT2D eigenvalue weighted by Crippen LogP contribution is -2.26. The summed E-state index contributed by atoms with van der Waals surface area (Å²) in [6.07, 6.45) is -1.43. The molecule has 13 heavy (non-hydrogen) atoms. The van der Waals surface area contributed by atoms with Crippen molar-refractivity contribution in [3.8, 4) is 0 Å². The Bertz CT molecular complexity index is 292. The molecule has 0 aromatic rings. The highest BCUT2D eigenvalue weighted by Crippen LogP contribution is 2.15. The second-order valence-electron chi connectivity index (χ2n) is 3.14. The van der Waals surface area contributed by atoms with Gasteiger partial charge in [-0.3, -0.25) is 0 Å². The SMILES string of the molecule is C[C@H](O)C(=O)OC1CCS(=O)(=O)C1. The third-order valence-corrected chi connectivity index (χ3v) is 3.55. The molecule has 0 amide bonds. The van der Waals surface area contributed by atoms with E-state index in [1.807, 2.05) is 0 Å². The van der Waals surface area contributed by atoms with Crippen LogP contribution in [0.5, 0.6) is 0 Å². The summed E-state index contributed by atoms with van der Waals surface area (Å²) in [5.41, 5.74) is 0. The van der Waals surface area contributed by atoms with Crippen molar-refractivity contribution in [3.05, 3.63) is 0 Å². The van der Waals surface area contributed by atoms with Gasteiger partial charge in [0.2, 0.25) is 0 Å². The second kappa shape index (κ2) is 3.63. The Morgan fingerprint density at radius 1 is 1.62 bits per heavy atom. The van der Waals surface area contributed by atoms with E-state index in [9.17, 15) is 13.2 Å². The Morgan fingerprint density at radius 2 is 2.23 bits per heavy atom. The predicted molar refractivity (Wildman–Crippen MR) is 44.8 cm³/mol. The lowest BCUT2D eigenvalue weighted by molar-refractivity contribution is -0.156. The fraction of sp³-hybridized carbons (Fsp3) is 0.857. The monoisotopic (exact) mass is 208 g/mol. The topological polar surface area (TPSA) is 80.7 Å². The molecule has 1 unspecified atom stereocenters. The predicted octanol–water partition coefficient (Wildman–Crippen LogP) is -0.903. The molecule has 6 heteroatoms. The number of hydrogen-bond donors (Lipinski definition) is 1. The molecule has 0 aromatic heterocycles. The largest absolute Gasteiger partial charge is 0.459 e. The fourth-order valence-electron chi connectivity index (χ4n) is 1.12. The molecular weight excluding hydrogens is 196 g/mol. The second-order valence-corrected chi connectivity index (χ2v) is 5.37. The van der Waals surface area contributed by atoms with Crippen LogP contribution < -0.4 is 0 Å². The zero-order chi connectivity index (χ0) is 10.1. The van der Waals surface area contributed by atoms with Crippen molar-refractivity contribution in [3.63, 3.8) is 0 Å². The van der Waals surface area contributed by atoms with Gasteiger partial charge in [0, 0.05) is 0 Å². The molecular formula is C7H12O5S. The van der Waals surface area contributed by atoms with Crippen molar-refractivity contribution in [2.75, 3.05) is 11.5 Å². The van der Waals surface area contributed by atoms with E-state index in [1.54, 1.807) is 0 Å². The minimum Gasteiger partial charge on any atom is -0.459 e. The minimum atomic E-state index is -3.03. The Kier molecular flexibility index (Phi) is 2.92. The van der Waals surface area contributed by atoms with Crippen molar-refractivity contribution < 1.29 is 23.1 Å². The van der Waals surface area contributed by atoms with E-state index in [0.717, 1.165) is 0 Å². The molecule has 0 radical (unpaired) electrons. The first kappa shape index (κ1) is 10.5. The van der Waals surface area contributed by atoms with Crippen molar-refractivity contribution >= 4 is 15.8 Å². The fourth-order valence-corrected chi connectivity index (χ4v) is 2.71. The van der Waals surface area contributed by atoms with E-state index in [0.29, 0.717) is 6.42 Å². The highest BCUT2D eigenvalue weighted by molar-refractivity contribution is 7.91. The maximum absolute atomic E-state index is 10.9. The number of carbonyl (C=O) groups is 1. The normalized spacial score (nSPS) is 28.3. The molecule has 1 rings (SSSR count).